The smallest absolute Gasteiger partial charge is 0.416 e. The third-order valence-corrected chi connectivity index (χ3v) is 6.32. The summed E-state index contributed by atoms with van der Waals surface area (Å²) in [6, 6.07) is 7.80. The Morgan fingerprint density at radius 3 is 2.59 bits per heavy atom. The van der Waals surface area contributed by atoms with Gasteiger partial charge in [-0.1, -0.05) is 6.07 Å². The highest BCUT2D eigenvalue weighted by molar-refractivity contribution is 6.04. The van der Waals surface area contributed by atoms with Crippen molar-refractivity contribution in [1.29, 1.82) is 0 Å². The van der Waals surface area contributed by atoms with Gasteiger partial charge in [-0.2, -0.15) is 13.2 Å². The lowest BCUT2D eigenvalue weighted by atomic mass is 10.0. The number of anilines is 2. The number of amides is 2. The van der Waals surface area contributed by atoms with Crippen molar-refractivity contribution in [2.45, 2.75) is 26.1 Å². The molecule has 2 amide bonds. The average molecular weight is 574 g/mol. The predicted molar refractivity (Wildman–Crippen MR) is 145 cm³/mol. The third kappa shape index (κ3) is 7.63. The predicted octanol–water partition coefficient (Wildman–Crippen LogP) is 4.68. The highest BCUT2D eigenvalue weighted by Crippen LogP contribution is 2.34. The van der Waals surface area contributed by atoms with E-state index >= 15 is 0 Å². The quantitative estimate of drug-likeness (QED) is 0.399. The fourth-order valence-corrected chi connectivity index (χ4v) is 4.17. The van der Waals surface area contributed by atoms with E-state index in [0.717, 1.165) is 12.1 Å². The van der Waals surface area contributed by atoms with Crippen molar-refractivity contribution in [3.05, 3.63) is 65.6 Å². The number of ether oxygens (including phenoxy) is 3. The van der Waals surface area contributed by atoms with Gasteiger partial charge >= 0.3 is 12.3 Å². The van der Waals surface area contributed by atoms with Crippen molar-refractivity contribution in [3.63, 3.8) is 0 Å². The molecule has 1 atom stereocenters. The molecule has 13 heteroatoms. The van der Waals surface area contributed by atoms with E-state index in [2.05, 4.69) is 30.2 Å². The summed E-state index contributed by atoms with van der Waals surface area (Å²) in [6.45, 7) is 6.07. The number of nitrogens with one attached hydrogen (secondary N) is 2. The second-order valence-electron chi connectivity index (χ2n) is 9.34. The highest BCUT2D eigenvalue weighted by Gasteiger charge is 2.31. The number of aryl methyl sites for hydroxylation is 1. The topological polar surface area (TPSA) is 115 Å². The van der Waals surface area contributed by atoms with Gasteiger partial charge in [-0.25, -0.2) is 9.78 Å². The molecule has 41 heavy (non-hydrogen) atoms. The van der Waals surface area contributed by atoms with Gasteiger partial charge in [0.2, 0.25) is 5.88 Å². The monoisotopic (exact) mass is 573 g/mol. The van der Waals surface area contributed by atoms with E-state index in [-0.39, 0.29) is 12.1 Å². The number of hydrogen-bond donors (Lipinski definition) is 2. The number of rotatable bonds is 8. The van der Waals surface area contributed by atoms with Gasteiger partial charge in [-0.05, 0) is 44.2 Å². The number of hydrogen-bond acceptors (Lipinski definition) is 8. The first-order valence-corrected chi connectivity index (χ1v) is 12.8. The molecule has 0 spiro atoms. The van der Waals surface area contributed by atoms with Gasteiger partial charge in [0, 0.05) is 41.7 Å². The number of nitrogens with zero attached hydrogens (tertiary/aromatic N) is 3. The van der Waals surface area contributed by atoms with Gasteiger partial charge in [-0.3, -0.25) is 9.78 Å². The van der Waals surface area contributed by atoms with E-state index in [0.29, 0.717) is 60.4 Å². The zero-order valence-electron chi connectivity index (χ0n) is 22.7. The van der Waals surface area contributed by atoms with Crippen LogP contribution in [0.25, 0.3) is 11.1 Å². The molecule has 1 aliphatic heterocycles. The molecule has 1 aliphatic rings. The van der Waals surface area contributed by atoms with Crippen molar-refractivity contribution in [2.75, 3.05) is 50.2 Å². The fraction of sp³-hybridized carbons (Fsp3) is 0.357. The minimum absolute atomic E-state index is 0.129. The van der Waals surface area contributed by atoms with E-state index in [1.165, 1.54) is 25.4 Å². The first-order valence-electron chi connectivity index (χ1n) is 12.8. The Balaban J connectivity index is 1.60. The lowest BCUT2D eigenvalue weighted by molar-refractivity contribution is -0.137. The van der Waals surface area contributed by atoms with Crippen LogP contribution in [-0.2, 0) is 15.7 Å². The minimum atomic E-state index is -4.56. The first kappa shape index (κ1) is 29.6. The fourth-order valence-electron chi connectivity index (χ4n) is 4.17. The molecule has 10 nitrogen and oxygen atoms in total. The van der Waals surface area contributed by atoms with Crippen molar-refractivity contribution >= 4 is 23.4 Å². The molecule has 218 valence electrons. The summed E-state index contributed by atoms with van der Waals surface area (Å²) in [5.74, 6) is -0.326. The minimum Gasteiger partial charge on any atom is -0.471 e. The number of carbonyl (C=O) groups excluding carboxylic acids is 2. The molecule has 2 N–H and O–H groups in total. The standard InChI is InChI=1S/C28H30F3N5O5/c1-17(14-34-27(38)39-3)41-26-24(36-7-9-40-10-8-36)12-20(15-33-26)23-13-22(16-32-18(23)2)35-25(37)19-5-4-6-21(11-19)28(29,30)31/h4-6,11-13,15-17H,7-10,14H2,1-3H3,(H,34,38)(H,35,37). The van der Waals surface area contributed by atoms with Crippen molar-refractivity contribution < 1.29 is 37.0 Å². The number of halogens is 3. The highest BCUT2D eigenvalue weighted by atomic mass is 19.4. The van der Waals surface area contributed by atoms with Crippen molar-refractivity contribution in [3.8, 4) is 17.0 Å². The molecular weight excluding hydrogens is 543 g/mol. The number of alkyl halides is 3. The van der Waals surface area contributed by atoms with Gasteiger partial charge < -0.3 is 29.7 Å². The van der Waals surface area contributed by atoms with Crippen molar-refractivity contribution in [1.82, 2.24) is 15.3 Å². The van der Waals surface area contributed by atoms with Gasteiger partial charge in [-0.15, -0.1) is 0 Å². The van der Waals surface area contributed by atoms with E-state index < -0.39 is 29.8 Å². The number of methoxy groups -OCH3 is 1. The Morgan fingerprint density at radius 1 is 1.12 bits per heavy atom. The number of pyridine rings is 2. The Hall–Kier alpha value is -4.39. The molecule has 0 radical (unpaired) electrons. The van der Waals surface area contributed by atoms with Crippen LogP contribution >= 0.6 is 0 Å². The molecule has 1 saturated heterocycles. The van der Waals surface area contributed by atoms with Gasteiger partial charge in [0.25, 0.3) is 5.91 Å². The van der Waals surface area contributed by atoms with Crippen LogP contribution in [0, 0.1) is 6.92 Å². The van der Waals surface area contributed by atoms with Gasteiger partial charge in [0.15, 0.2) is 0 Å². The number of morpholine rings is 1. The first-order chi connectivity index (χ1) is 19.5. The Labute approximate surface area is 234 Å². The number of carbonyl (C=O) groups is 2. The van der Waals surface area contributed by atoms with E-state index in [1.54, 1.807) is 26.1 Å². The largest absolute Gasteiger partial charge is 0.471 e. The van der Waals surface area contributed by atoms with E-state index in [4.69, 9.17) is 9.47 Å². The Kier molecular flexibility index (Phi) is 9.28. The molecule has 1 fully saturated rings. The molecule has 0 saturated carbocycles. The van der Waals surface area contributed by atoms with Crippen LogP contribution in [0.1, 0.15) is 28.5 Å². The zero-order valence-corrected chi connectivity index (χ0v) is 22.7. The molecule has 1 aromatic carbocycles. The van der Waals surface area contributed by atoms with Gasteiger partial charge in [0.05, 0.1) is 44.3 Å². The average Bonchev–Trinajstić information content (AvgIpc) is 2.97. The van der Waals surface area contributed by atoms with E-state index in [9.17, 15) is 22.8 Å². The van der Waals surface area contributed by atoms with Crippen LogP contribution in [0.5, 0.6) is 5.88 Å². The summed E-state index contributed by atoms with van der Waals surface area (Å²) in [7, 11) is 1.28. The zero-order chi connectivity index (χ0) is 29.6. The Bertz CT molecular complexity index is 1400. The van der Waals surface area contributed by atoms with Crippen LogP contribution < -0.4 is 20.3 Å². The number of benzene rings is 1. The number of alkyl carbamates (subject to hydrolysis) is 1. The van der Waals surface area contributed by atoms with Crippen LogP contribution in [0.4, 0.5) is 29.3 Å². The SMILES string of the molecule is COC(=O)NCC(C)Oc1ncc(-c2cc(NC(=O)c3cccc(C(F)(F)F)c3)cnc2C)cc1N1CCOCC1. The molecular formula is C28H30F3N5O5. The van der Waals surface area contributed by atoms with Crippen LogP contribution in [-0.4, -0.2) is 68.0 Å². The Morgan fingerprint density at radius 2 is 1.88 bits per heavy atom. The third-order valence-electron chi connectivity index (χ3n) is 6.32. The maximum atomic E-state index is 13.1. The normalized spacial score (nSPS) is 14.2. The number of aromatic nitrogens is 2. The van der Waals surface area contributed by atoms with E-state index in [1.807, 2.05) is 6.07 Å². The van der Waals surface area contributed by atoms with Gasteiger partial charge in [0.1, 0.15) is 11.8 Å². The van der Waals surface area contributed by atoms with Crippen LogP contribution in [0.15, 0.2) is 48.8 Å². The summed E-state index contributed by atoms with van der Waals surface area (Å²) in [6.07, 6.45) is -2.49. The maximum absolute atomic E-state index is 13.1. The molecule has 0 bridgehead atoms. The van der Waals surface area contributed by atoms with Crippen molar-refractivity contribution in [2.24, 2.45) is 0 Å². The second kappa shape index (κ2) is 12.9. The lowest BCUT2D eigenvalue weighted by Gasteiger charge is -2.30. The molecule has 4 rings (SSSR count). The van der Waals surface area contributed by atoms with Crippen LogP contribution in [0.3, 0.4) is 0 Å². The summed E-state index contributed by atoms with van der Waals surface area (Å²) < 4.78 is 55.5. The molecule has 3 heterocycles. The summed E-state index contributed by atoms with van der Waals surface area (Å²) in [4.78, 5) is 35.2. The van der Waals surface area contributed by atoms with Crippen LogP contribution in [0.2, 0.25) is 0 Å². The molecule has 2 aromatic heterocycles. The molecule has 3 aromatic rings. The summed E-state index contributed by atoms with van der Waals surface area (Å²) in [5.41, 5.74) is 2.00. The second-order valence-corrected chi connectivity index (χ2v) is 9.34. The molecule has 0 aliphatic carbocycles. The summed E-state index contributed by atoms with van der Waals surface area (Å²) in [5, 5.41) is 5.23. The lowest BCUT2D eigenvalue weighted by Crippen LogP contribution is -2.37. The molecule has 1 unspecified atom stereocenters. The summed E-state index contributed by atoms with van der Waals surface area (Å²) >= 11 is 0. The maximum Gasteiger partial charge on any atom is 0.416 e.